The summed E-state index contributed by atoms with van der Waals surface area (Å²) in [6.45, 7) is 6.40. The van der Waals surface area contributed by atoms with Gasteiger partial charge in [0.25, 0.3) is 0 Å². The lowest BCUT2D eigenvalue weighted by molar-refractivity contribution is -0.125. The van der Waals surface area contributed by atoms with Crippen molar-refractivity contribution in [1.29, 1.82) is 0 Å². The third kappa shape index (κ3) is 1.68. The molecule has 0 aromatic rings. The Balaban J connectivity index is 2.05. The third-order valence-electron chi connectivity index (χ3n) is 2.67. The molecule has 1 amide bonds. The summed E-state index contributed by atoms with van der Waals surface area (Å²) in [6, 6.07) is 0. The van der Waals surface area contributed by atoms with E-state index >= 15 is 0 Å². The standard InChI is InChI=1S/C9H13IN2O/c1-2-8(13)12-6-4-9(7-12)3-5-11-10-9/h2H,1,3-7H2/t9-/m1/s1. The Morgan fingerprint density at radius 3 is 3.08 bits per heavy atom. The summed E-state index contributed by atoms with van der Waals surface area (Å²) in [4.78, 5) is 13.3. The maximum absolute atomic E-state index is 11.3. The fraction of sp³-hybridized carbons (Fsp3) is 0.667. The van der Waals surface area contributed by atoms with Crippen LogP contribution in [0.15, 0.2) is 15.8 Å². The molecule has 2 aliphatic rings. The summed E-state index contributed by atoms with van der Waals surface area (Å²) < 4.78 is 4.93. The number of hydrogen-bond donors (Lipinski definition) is 0. The van der Waals surface area contributed by atoms with Crippen LogP contribution in [0.25, 0.3) is 0 Å². The van der Waals surface area contributed by atoms with Crippen LogP contribution in [0.2, 0.25) is 0 Å². The Morgan fingerprint density at radius 1 is 1.62 bits per heavy atom. The molecule has 1 saturated heterocycles. The maximum Gasteiger partial charge on any atom is 0.245 e. The van der Waals surface area contributed by atoms with Crippen molar-refractivity contribution in [3.8, 4) is 0 Å². The van der Waals surface area contributed by atoms with Gasteiger partial charge in [-0.3, -0.25) is 7.94 Å². The van der Waals surface area contributed by atoms with Gasteiger partial charge in [-0.1, -0.05) is 6.58 Å². The van der Waals surface area contributed by atoms with Gasteiger partial charge < -0.3 is 4.90 Å². The van der Waals surface area contributed by atoms with Crippen LogP contribution in [-0.4, -0.2) is 33.9 Å². The van der Waals surface area contributed by atoms with Crippen molar-refractivity contribution in [3.63, 3.8) is 0 Å². The van der Waals surface area contributed by atoms with Gasteiger partial charge in [0.15, 0.2) is 0 Å². The number of alkyl halides is 1. The van der Waals surface area contributed by atoms with Crippen molar-refractivity contribution in [2.75, 3.05) is 19.6 Å². The van der Waals surface area contributed by atoms with E-state index in [4.69, 9.17) is 0 Å². The van der Waals surface area contributed by atoms with Crippen molar-refractivity contribution in [3.05, 3.63) is 12.7 Å². The molecule has 0 aromatic carbocycles. The van der Waals surface area contributed by atoms with Crippen molar-refractivity contribution < 1.29 is 4.79 Å². The number of rotatable bonds is 1. The number of likely N-dealkylation sites (tertiary alicyclic amines) is 1. The van der Waals surface area contributed by atoms with E-state index in [1.807, 2.05) is 4.90 Å². The molecular weight excluding hydrogens is 279 g/mol. The Morgan fingerprint density at radius 2 is 2.46 bits per heavy atom. The predicted octanol–water partition coefficient (Wildman–Crippen LogP) is 1.70. The average Bonchev–Trinajstić information content (AvgIpc) is 2.76. The van der Waals surface area contributed by atoms with E-state index in [9.17, 15) is 4.79 Å². The van der Waals surface area contributed by atoms with Gasteiger partial charge in [0, 0.05) is 19.6 Å². The van der Waals surface area contributed by atoms with Crippen molar-refractivity contribution in [2.24, 2.45) is 3.15 Å². The number of hydrogen-bond acceptors (Lipinski definition) is 2. The zero-order valence-corrected chi connectivity index (χ0v) is 9.66. The zero-order valence-electron chi connectivity index (χ0n) is 7.50. The Hall–Kier alpha value is -0.260. The minimum absolute atomic E-state index is 0.00928. The fourth-order valence-corrected chi connectivity index (χ4v) is 4.61. The molecule has 0 unspecified atom stereocenters. The molecule has 0 bridgehead atoms. The number of nitrogens with zero attached hydrogens (tertiary/aromatic N) is 2. The van der Waals surface area contributed by atoms with Gasteiger partial charge in [-0.2, -0.15) is 0 Å². The first-order chi connectivity index (χ1) is 6.26. The second-order valence-corrected chi connectivity index (χ2v) is 7.00. The first-order valence-electron chi connectivity index (χ1n) is 4.49. The maximum atomic E-state index is 11.3. The van der Waals surface area contributed by atoms with Crippen LogP contribution >= 0.6 is 21.0 Å². The molecule has 72 valence electrons. The highest BCUT2D eigenvalue weighted by molar-refractivity contribution is 14.2. The highest BCUT2D eigenvalue weighted by Crippen LogP contribution is 2.43. The molecular formula is C9H13IN2O. The number of amides is 1. The lowest BCUT2D eigenvalue weighted by atomic mass is 10.1. The van der Waals surface area contributed by atoms with Gasteiger partial charge in [0.1, 0.15) is 0 Å². The molecule has 4 heteroatoms. The van der Waals surface area contributed by atoms with E-state index in [1.54, 1.807) is 0 Å². The lowest BCUT2D eigenvalue weighted by Crippen LogP contribution is -2.31. The highest BCUT2D eigenvalue weighted by atomic mass is 127. The van der Waals surface area contributed by atoms with E-state index in [0.29, 0.717) is 3.42 Å². The summed E-state index contributed by atoms with van der Waals surface area (Å²) in [5, 5.41) is 0. The molecule has 0 saturated carbocycles. The first-order valence-corrected chi connectivity index (χ1v) is 6.54. The third-order valence-corrected chi connectivity index (χ3v) is 5.94. The van der Waals surface area contributed by atoms with Gasteiger partial charge in [0.05, 0.1) is 3.42 Å². The normalized spacial score (nSPS) is 32.2. The Kier molecular flexibility index (Phi) is 2.49. The summed E-state index contributed by atoms with van der Waals surface area (Å²) >= 11 is -0.00928. The van der Waals surface area contributed by atoms with Gasteiger partial charge in [-0.15, -0.1) is 0 Å². The zero-order chi connectivity index (χ0) is 9.31. The molecule has 0 aromatic heterocycles. The summed E-state index contributed by atoms with van der Waals surface area (Å²) in [7, 11) is 0. The molecule has 3 nitrogen and oxygen atoms in total. The van der Waals surface area contributed by atoms with Crippen LogP contribution in [0.5, 0.6) is 0 Å². The van der Waals surface area contributed by atoms with E-state index in [0.717, 1.165) is 19.6 Å². The largest absolute Gasteiger partial charge is 0.338 e. The minimum Gasteiger partial charge on any atom is -0.338 e. The van der Waals surface area contributed by atoms with Crippen LogP contribution in [-0.2, 0) is 4.79 Å². The van der Waals surface area contributed by atoms with E-state index < -0.39 is 0 Å². The molecule has 0 radical (unpaired) electrons. The lowest BCUT2D eigenvalue weighted by Gasteiger charge is -2.18. The van der Waals surface area contributed by atoms with Gasteiger partial charge in [-0.25, -0.2) is 0 Å². The van der Waals surface area contributed by atoms with Crippen LogP contribution in [0.3, 0.4) is 0 Å². The number of carbonyl (C=O) groups is 1. The predicted molar refractivity (Wildman–Crippen MR) is 60.1 cm³/mol. The molecule has 0 aliphatic carbocycles. The highest BCUT2D eigenvalue weighted by Gasteiger charge is 2.40. The second kappa shape index (κ2) is 3.48. The van der Waals surface area contributed by atoms with Crippen molar-refractivity contribution in [1.82, 2.24) is 4.90 Å². The van der Waals surface area contributed by atoms with Gasteiger partial charge in [-0.05, 0) is 40.0 Å². The van der Waals surface area contributed by atoms with E-state index in [1.165, 1.54) is 18.9 Å². The van der Waals surface area contributed by atoms with E-state index in [-0.39, 0.29) is 26.9 Å². The summed E-state index contributed by atoms with van der Waals surface area (Å²) in [5.74, 6) is 0.0905. The second-order valence-electron chi connectivity index (χ2n) is 3.54. The van der Waals surface area contributed by atoms with Crippen LogP contribution in [0.4, 0.5) is 0 Å². The van der Waals surface area contributed by atoms with Gasteiger partial charge in [0.2, 0.25) is 5.91 Å². The molecule has 2 aliphatic heterocycles. The van der Waals surface area contributed by atoms with Crippen LogP contribution in [0, 0.1) is 0 Å². The Labute approximate surface area is 88.3 Å². The topological polar surface area (TPSA) is 32.7 Å². The van der Waals surface area contributed by atoms with E-state index in [2.05, 4.69) is 9.72 Å². The average molecular weight is 292 g/mol. The first kappa shape index (κ1) is 9.30. The summed E-state index contributed by atoms with van der Waals surface area (Å²) in [6.07, 6.45) is 3.80. The molecule has 13 heavy (non-hydrogen) atoms. The van der Waals surface area contributed by atoms with Crippen LogP contribution < -0.4 is 0 Å². The smallest absolute Gasteiger partial charge is 0.245 e. The quantitative estimate of drug-likeness (QED) is 0.411. The minimum atomic E-state index is -0.00928. The molecule has 1 spiro atoms. The molecule has 1 fully saturated rings. The molecule has 1 atom stereocenters. The molecule has 2 heterocycles. The molecule has 0 N–H and O–H groups in total. The van der Waals surface area contributed by atoms with Crippen molar-refractivity contribution in [2.45, 2.75) is 16.3 Å². The Bertz CT molecular complexity index is 277. The monoisotopic (exact) mass is 292 g/mol. The van der Waals surface area contributed by atoms with Gasteiger partial charge >= 0.3 is 0 Å². The van der Waals surface area contributed by atoms with Crippen molar-refractivity contribution >= 4 is 26.9 Å². The summed E-state index contributed by atoms with van der Waals surface area (Å²) in [5.41, 5.74) is 0. The fourth-order valence-electron chi connectivity index (χ4n) is 1.88. The number of carbonyl (C=O) groups excluding carboxylic acids is 1. The SMILES string of the molecule is C=CC(=O)N1CC[C@]2(CCN=I2)C1. The number of halogens is 1. The van der Waals surface area contributed by atoms with Crippen LogP contribution in [0.1, 0.15) is 12.8 Å². The molecule has 2 rings (SSSR count).